The Labute approximate surface area is 166 Å². The van der Waals surface area contributed by atoms with E-state index in [2.05, 4.69) is 10.6 Å². The summed E-state index contributed by atoms with van der Waals surface area (Å²) >= 11 is 0. The van der Waals surface area contributed by atoms with Crippen LogP contribution >= 0.6 is 0 Å². The van der Waals surface area contributed by atoms with Gasteiger partial charge in [-0.05, 0) is 36.4 Å². The minimum Gasteiger partial charge on any atom is -0.486 e. The third-order valence-electron chi connectivity index (χ3n) is 4.16. The van der Waals surface area contributed by atoms with Gasteiger partial charge in [0, 0.05) is 23.4 Å². The smallest absolute Gasteiger partial charge is 0.272 e. The summed E-state index contributed by atoms with van der Waals surface area (Å²) in [5.74, 6) is 0.714. The van der Waals surface area contributed by atoms with Gasteiger partial charge >= 0.3 is 0 Å². The molecule has 0 atom stereocenters. The van der Waals surface area contributed by atoms with Crippen LogP contribution in [0.2, 0.25) is 0 Å². The molecule has 3 aromatic rings. The highest BCUT2D eigenvalue weighted by atomic mass is 16.6. The first-order valence-corrected chi connectivity index (χ1v) is 9.02. The van der Waals surface area contributed by atoms with Gasteiger partial charge in [-0.25, -0.2) is 0 Å². The van der Waals surface area contributed by atoms with Crippen molar-refractivity contribution in [1.82, 2.24) is 5.32 Å². The number of fused-ring (bicyclic) bond motifs is 1. The first kappa shape index (κ1) is 18.4. The lowest BCUT2D eigenvalue weighted by Crippen LogP contribution is -2.30. The number of rotatable bonds is 5. The van der Waals surface area contributed by atoms with E-state index in [4.69, 9.17) is 13.9 Å². The number of carbonyl (C=O) groups is 2. The van der Waals surface area contributed by atoms with Gasteiger partial charge in [-0.2, -0.15) is 0 Å². The van der Waals surface area contributed by atoms with Crippen molar-refractivity contribution >= 4 is 23.6 Å². The van der Waals surface area contributed by atoms with Crippen molar-refractivity contribution in [3.05, 3.63) is 83.9 Å². The largest absolute Gasteiger partial charge is 0.486 e. The third-order valence-corrected chi connectivity index (χ3v) is 4.16. The first-order chi connectivity index (χ1) is 14.2. The maximum atomic E-state index is 12.9. The molecule has 7 heteroatoms. The van der Waals surface area contributed by atoms with Gasteiger partial charge in [0.1, 0.15) is 24.7 Å². The van der Waals surface area contributed by atoms with Crippen molar-refractivity contribution in [1.29, 1.82) is 0 Å². The van der Waals surface area contributed by atoms with Gasteiger partial charge in [-0.15, -0.1) is 0 Å². The van der Waals surface area contributed by atoms with Gasteiger partial charge < -0.3 is 24.5 Å². The summed E-state index contributed by atoms with van der Waals surface area (Å²) < 4.78 is 16.3. The summed E-state index contributed by atoms with van der Waals surface area (Å²) in [6, 6.07) is 17.1. The quantitative estimate of drug-likeness (QED) is 0.651. The van der Waals surface area contributed by atoms with Gasteiger partial charge in [0.15, 0.2) is 11.5 Å². The number of hydrogen-bond acceptors (Lipinski definition) is 5. The average Bonchev–Trinajstić information content (AvgIpc) is 3.27. The second-order valence-corrected chi connectivity index (χ2v) is 6.21. The van der Waals surface area contributed by atoms with Gasteiger partial charge in [-0.3, -0.25) is 9.59 Å². The lowest BCUT2D eigenvalue weighted by molar-refractivity contribution is -0.113. The van der Waals surface area contributed by atoms with Crippen molar-refractivity contribution in [2.75, 3.05) is 18.5 Å². The molecule has 1 aromatic heterocycles. The molecule has 2 aromatic carbocycles. The number of nitrogens with one attached hydrogen (secondary N) is 2. The molecule has 0 unspecified atom stereocenters. The van der Waals surface area contributed by atoms with Crippen LogP contribution in [-0.2, 0) is 4.79 Å². The maximum Gasteiger partial charge on any atom is 0.272 e. The van der Waals surface area contributed by atoms with E-state index in [1.54, 1.807) is 54.6 Å². The molecule has 7 nitrogen and oxygen atoms in total. The molecule has 0 saturated carbocycles. The lowest BCUT2D eigenvalue weighted by atomic mass is 10.2. The number of ether oxygens (including phenoxy) is 2. The summed E-state index contributed by atoms with van der Waals surface area (Å²) in [5, 5.41) is 5.41. The van der Waals surface area contributed by atoms with E-state index in [1.165, 1.54) is 12.3 Å². The molecule has 0 saturated heterocycles. The van der Waals surface area contributed by atoms with Crippen molar-refractivity contribution < 1.29 is 23.5 Å². The Kier molecular flexibility index (Phi) is 5.29. The zero-order valence-electron chi connectivity index (χ0n) is 15.4. The van der Waals surface area contributed by atoms with Crippen molar-refractivity contribution in [3.8, 4) is 11.5 Å². The summed E-state index contributed by atoms with van der Waals surface area (Å²) in [6.07, 6.45) is 2.95. The predicted octanol–water partition coefficient (Wildman–Crippen LogP) is 3.46. The number of furan rings is 1. The van der Waals surface area contributed by atoms with Gasteiger partial charge in [0.2, 0.25) is 0 Å². The number of anilines is 1. The lowest BCUT2D eigenvalue weighted by Gasteiger charge is -2.19. The molecule has 0 radical (unpaired) electrons. The fourth-order valence-electron chi connectivity index (χ4n) is 2.78. The molecule has 2 N–H and O–H groups in total. The topological polar surface area (TPSA) is 89.8 Å². The molecule has 1 aliphatic rings. The molecule has 0 aliphatic carbocycles. The van der Waals surface area contributed by atoms with Crippen molar-refractivity contribution in [2.45, 2.75) is 0 Å². The van der Waals surface area contributed by atoms with Crippen LogP contribution in [0.25, 0.3) is 6.08 Å². The Morgan fingerprint density at radius 1 is 0.897 bits per heavy atom. The Morgan fingerprint density at radius 2 is 1.69 bits per heavy atom. The van der Waals surface area contributed by atoms with Crippen LogP contribution < -0.4 is 20.1 Å². The Morgan fingerprint density at radius 3 is 2.45 bits per heavy atom. The minimum absolute atomic E-state index is 0.0451. The highest BCUT2D eigenvalue weighted by molar-refractivity contribution is 6.10. The number of amides is 2. The van der Waals surface area contributed by atoms with E-state index in [-0.39, 0.29) is 5.70 Å². The second-order valence-electron chi connectivity index (χ2n) is 6.21. The fraction of sp³-hybridized carbons (Fsp3) is 0.0909. The molecule has 29 heavy (non-hydrogen) atoms. The summed E-state index contributed by atoms with van der Waals surface area (Å²) in [7, 11) is 0. The molecule has 0 bridgehead atoms. The van der Waals surface area contributed by atoms with E-state index >= 15 is 0 Å². The third kappa shape index (κ3) is 4.47. The first-order valence-electron chi connectivity index (χ1n) is 9.02. The molecular formula is C22H18N2O5. The normalized spacial score (nSPS) is 12.9. The van der Waals surface area contributed by atoms with Crippen LogP contribution in [0.4, 0.5) is 5.69 Å². The zero-order chi connectivity index (χ0) is 20.1. The van der Waals surface area contributed by atoms with E-state index in [9.17, 15) is 9.59 Å². The molecule has 0 spiro atoms. The van der Waals surface area contributed by atoms with Crippen molar-refractivity contribution in [3.63, 3.8) is 0 Å². The van der Waals surface area contributed by atoms with E-state index in [1.807, 2.05) is 6.07 Å². The zero-order valence-corrected chi connectivity index (χ0v) is 15.4. The molecule has 146 valence electrons. The summed E-state index contributed by atoms with van der Waals surface area (Å²) in [6.45, 7) is 0.932. The Balaban J connectivity index is 1.56. The Bertz CT molecular complexity index is 1040. The number of hydrogen-bond donors (Lipinski definition) is 2. The van der Waals surface area contributed by atoms with E-state index in [0.717, 1.165) is 0 Å². The average molecular weight is 390 g/mol. The standard InChI is InChI=1S/C22H18N2O5/c25-21(15-5-2-1-3-6-15)24-18(14-17-7-4-10-27-17)22(26)23-16-8-9-19-20(13-16)29-12-11-28-19/h1-10,13-14H,11-12H2,(H,23,26)(H,24,25)/b18-14-. The highest BCUT2D eigenvalue weighted by Gasteiger charge is 2.17. The van der Waals surface area contributed by atoms with Crippen LogP contribution in [-0.4, -0.2) is 25.0 Å². The second kappa shape index (κ2) is 8.35. The number of carbonyl (C=O) groups excluding carboxylic acids is 2. The van der Waals surface area contributed by atoms with Crippen LogP contribution in [0.1, 0.15) is 16.1 Å². The predicted molar refractivity (Wildman–Crippen MR) is 107 cm³/mol. The number of benzene rings is 2. The fourth-order valence-corrected chi connectivity index (χ4v) is 2.78. The van der Waals surface area contributed by atoms with E-state index in [0.29, 0.717) is 41.7 Å². The van der Waals surface area contributed by atoms with Gasteiger partial charge in [0.25, 0.3) is 11.8 Å². The monoisotopic (exact) mass is 390 g/mol. The molecular weight excluding hydrogens is 372 g/mol. The van der Waals surface area contributed by atoms with Crippen molar-refractivity contribution in [2.24, 2.45) is 0 Å². The highest BCUT2D eigenvalue weighted by Crippen LogP contribution is 2.32. The maximum absolute atomic E-state index is 12.9. The van der Waals surface area contributed by atoms with Crippen LogP contribution in [0.15, 0.2) is 77.0 Å². The molecule has 2 amide bonds. The molecule has 1 aliphatic heterocycles. The molecule has 4 rings (SSSR count). The van der Waals surface area contributed by atoms with Crippen LogP contribution in [0.3, 0.4) is 0 Å². The molecule has 0 fully saturated rings. The van der Waals surface area contributed by atoms with Gasteiger partial charge in [-0.1, -0.05) is 18.2 Å². The van der Waals surface area contributed by atoms with Gasteiger partial charge in [0.05, 0.1) is 6.26 Å². The summed E-state index contributed by atoms with van der Waals surface area (Å²) in [5.41, 5.74) is 0.993. The minimum atomic E-state index is -0.498. The summed E-state index contributed by atoms with van der Waals surface area (Å²) in [4.78, 5) is 25.4. The van der Waals surface area contributed by atoms with Crippen LogP contribution in [0, 0.1) is 0 Å². The SMILES string of the molecule is O=C(Nc1ccc2c(c1)OCCO2)/C(=C/c1ccco1)NC(=O)c1ccccc1. The van der Waals surface area contributed by atoms with Crippen LogP contribution in [0.5, 0.6) is 11.5 Å². The van der Waals surface area contributed by atoms with E-state index < -0.39 is 11.8 Å². The molecule has 2 heterocycles. The Hall–Kier alpha value is -4.00.